The average Bonchev–Trinajstić information content (AvgIpc) is 3.74. The van der Waals surface area contributed by atoms with Gasteiger partial charge in [-0.05, 0) is 75.5 Å². The van der Waals surface area contributed by atoms with Gasteiger partial charge in [0, 0.05) is 37.0 Å². The van der Waals surface area contributed by atoms with Crippen LogP contribution in [0.1, 0.15) is 123 Å². The Morgan fingerprint density at radius 1 is 0.869 bits per heavy atom. The van der Waals surface area contributed by atoms with Gasteiger partial charge in [-0.1, -0.05) is 103 Å². The van der Waals surface area contributed by atoms with Gasteiger partial charge >= 0.3 is 6.09 Å². The number of alkyl carbamates (subject to hydrolysis) is 1. The van der Waals surface area contributed by atoms with Gasteiger partial charge in [-0.2, -0.15) is 0 Å². The zero-order valence-electron chi connectivity index (χ0n) is 37.4. The van der Waals surface area contributed by atoms with Gasteiger partial charge in [-0.3, -0.25) is 19.4 Å². The molecule has 2 heterocycles. The first-order chi connectivity index (χ1) is 29.1. The van der Waals surface area contributed by atoms with Crippen LogP contribution in [0.4, 0.5) is 4.79 Å². The Bertz CT molecular complexity index is 1750. The van der Waals surface area contributed by atoms with Crippen molar-refractivity contribution < 1.29 is 29.0 Å². The lowest BCUT2D eigenvalue weighted by Gasteiger charge is -2.35. The summed E-state index contributed by atoms with van der Waals surface area (Å²) in [5.41, 5.74) is 1.41. The monoisotopic (exact) mass is 845 g/mol. The van der Waals surface area contributed by atoms with Gasteiger partial charge in [0.1, 0.15) is 17.7 Å². The number of aliphatic hydroxyl groups excluding tert-OH is 1. The first kappa shape index (κ1) is 48.8. The molecule has 0 unspecified atom stereocenters. The van der Waals surface area contributed by atoms with Gasteiger partial charge in [-0.25, -0.2) is 9.78 Å². The summed E-state index contributed by atoms with van der Waals surface area (Å²) in [4.78, 5) is 66.8. The van der Waals surface area contributed by atoms with E-state index in [0.717, 1.165) is 49.8 Å². The highest BCUT2D eigenvalue weighted by molar-refractivity contribution is 5.91. The van der Waals surface area contributed by atoms with Gasteiger partial charge in [0.25, 0.3) is 0 Å². The van der Waals surface area contributed by atoms with E-state index in [1.54, 1.807) is 33.2 Å². The molecule has 14 nitrogen and oxygen atoms in total. The first-order valence-electron chi connectivity index (χ1n) is 22.3. The van der Waals surface area contributed by atoms with E-state index in [0.29, 0.717) is 31.0 Å². The zero-order valence-corrected chi connectivity index (χ0v) is 37.4. The number of hydrogen-bond donors (Lipinski definition) is 7. The van der Waals surface area contributed by atoms with Crippen molar-refractivity contribution in [3.63, 3.8) is 0 Å². The maximum absolute atomic E-state index is 14.4. The number of nitrogens with one attached hydrogen (secondary N) is 6. The van der Waals surface area contributed by atoms with Crippen molar-refractivity contribution in [1.29, 1.82) is 0 Å². The highest BCUT2D eigenvalue weighted by Crippen LogP contribution is 2.29. The second kappa shape index (κ2) is 24.6. The Morgan fingerprint density at radius 3 is 2.18 bits per heavy atom. The van der Waals surface area contributed by atoms with Gasteiger partial charge in [0.2, 0.25) is 17.7 Å². The van der Waals surface area contributed by atoms with Crippen molar-refractivity contribution in [2.45, 2.75) is 168 Å². The summed E-state index contributed by atoms with van der Waals surface area (Å²) in [6.45, 7) is 13.7. The number of pyridine rings is 1. The number of carbonyl (C=O) groups excluding carboxylic acids is 4. The Labute approximate surface area is 363 Å². The molecule has 4 amide bonds. The van der Waals surface area contributed by atoms with E-state index in [1.807, 2.05) is 62.4 Å². The Kier molecular flexibility index (Phi) is 19.7. The molecule has 1 saturated carbocycles. The summed E-state index contributed by atoms with van der Waals surface area (Å²) in [6, 6.07) is 11.4. The van der Waals surface area contributed by atoms with Crippen molar-refractivity contribution >= 4 is 23.8 Å². The van der Waals surface area contributed by atoms with Crippen LogP contribution in [0.25, 0.3) is 0 Å². The predicted molar refractivity (Wildman–Crippen MR) is 237 cm³/mol. The number of amides is 4. The van der Waals surface area contributed by atoms with Gasteiger partial charge in [0.05, 0.1) is 36.8 Å². The summed E-state index contributed by atoms with van der Waals surface area (Å²) in [5, 5.41) is 27.7. The van der Waals surface area contributed by atoms with Crippen LogP contribution in [0.3, 0.4) is 0 Å². The number of benzene rings is 1. The summed E-state index contributed by atoms with van der Waals surface area (Å²) >= 11 is 0. The molecule has 0 bridgehead atoms. The number of nitrogens with zero attached hydrogens (tertiary/aromatic N) is 2. The van der Waals surface area contributed by atoms with E-state index in [-0.39, 0.29) is 36.6 Å². The molecule has 0 radical (unpaired) electrons. The van der Waals surface area contributed by atoms with Crippen LogP contribution in [-0.4, -0.2) is 85.8 Å². The average molecular weight is 845 g/mol. The number of H-pyrrole nitrogens is 1. The highest BCUT2D eigenvalue weighted by atomic mass is 16.6. The quantitative estimate of drug-likeness (QED) is 0.0607. The predicted octanol–water partition coefficient (Wildman–Crippen LogP) is 5.91. The number of aromatic nitrogens is 3. The third-order valence-corrected chi connectivity index (χ3v) is 11.4. The number of carbonyl (C=O) groups is 4. The molecule has 4 rings (SSSR count). The van der Waals surface area contributed by atoms with Crippen molar-refractivity contribution in [1.82, 2.24) is 41.5 Å². The van der Waals surface area contributed by atoms with Crippen molar-refractivity contribution in [3.05, 3.63) is 84.2 Å². The third kappa shape index (κ3) is 17.6. The number of aromatic amines is 1. The molecule has 0 aliphatic heterocycles. The van der Waals surface area contributed by atoms with Crippen molar-refractivity contribution in [2.75, 3.05) is 0 Å². The van der Waals surface area contributed by atoms with E-state index < -0.39 is 53.8 Å². The smallest absolute Gasteiger partial charge is 0.408 e. The number of ether oxygens (including phenoxy) is 1. The maximum Gasteiger partial charge on any atom is 0.408 e. The normalized spacial score (nSPS) is 16.9. The first-order valence-corrected chi connectivity index (χ1v) is 22.3. The molecule has 1 aliphatic rings. The van der Waals surface area contributed by atoms with Crippen molar-refractivity contribution in [2.24, 2.45) is 17.8 Å². The van der Waals surface area contributed by atoms with Crippen LogP contribution < -0.4 is 26.6 Å². The number of aliphatic hydroxyl groups is 1. The summed E-state index contributed by atoms with van der Waals surface area (Å²) in [5.74, 6) is -0.569. The minimum atomic E-state index is -1.08. The van der Waals surface area contributed by atoms with Crippen LogP contribution in [0.5, 0.6) is 0 Å². The van der Waals surface area contributed by atoms with Crippen LogP contribution in [0.15, 0.2) is 67.3 Å². The number of imidazole rings is 1. The van der Waals surface area contributed by atoms with Crippen LogP contribution in [-0.2, 0) is 38.5 Å². The van der Waals surface area contributed by atoms with E-state index in [1.165, 1.54) is 12.7 Å². The lowest BCUT2D eigenvalue weighted by molar-refractivity contribution is -0.131. The fraction of sp³-hybridized carbons (Fsp3) is 0.617. The molecule has 61 heavy (non-hydrogen) atoms. The molecular weight excluding hydrogens is 773 g/mol. The molecular formula is C47H72N8O6. The lowest BCUT2D eigenvalue weighted by Crippen LogP contribution is -2.58. The summed E-state index contributed by atoms with van der Waals surface area (Å²) in [7, 11) is 0. The molecule has 7 N–H and O–H groups in total. The minimum Gasteiger partial charge on any atom is -0.444 e. The largest absolute Gasteiger partial charge is 0.444 e. The third-order valence-electron chi connectivity index (χ3n) is 11.4. The summed E-state index contributed by atoms with van der Waals surface area (Å²) < 4.78 is 5.50. The molecule has 0 saturated heterocycles. The van der Waals surface area contributed by atoms with E-state index in [4.69, 9.17) is 4.74 Å². The molecule has 2 aromatic heterocycles. The Balaban J connectivity index is 1.56. The van der Waals surface area contributed by atoms with E-state index >= 15 is 0 Å². The second-order valence-electron chi connectivity index (χ2n) is 18.3. The van der Waals surface area contributed by atoms with Crippen LogP contribution >= 0.6 is 0 Å². The van der Waals surface area contributed by atoms with Gasteiger partial charge in [0.15, 0.2) is 0 Å². The van der Waals surface area contributed by atoms with E-state index in [2.05, 4.69) is 55.4 Å². The topological polar surface area (TPSA) is 199 Å². The molecule has 1 aliphatic carbocycles. The summed E-state index contributed by atoms with van der Waals surface area (Å²) in [6.07, 6.45) is 11.4. The molecule has 336 valence electrons. The maximum atomic E-state index is 14.4. The molecule has 1 fully saturated rings. The SMILES string of the molecule is CC[C@H](C)[C@H](N[C@H](CC1CCCCC1)C[C@H](O)[C@H](CC(C)C)NC(=O)[C@H](Cc1cnc[nH]1)NC(=O)[C@H](Cc1ccccc1)NC(=O)OC(C)(C)C)C(=O)NCc1ccccn1. The highest BCUT2D eigenvalue weighted by Gasteiger charge is 2.35. The lowest BCUT2D eigenvalue weighted by atomic mass is 9.82. The van der Waals surface area contributed by atoms with Crippen molar-refractivity contribution in [3.8, 4) is 0 Å². The molecule has 14 heteroatoms. The Morgan fingerprint density at radius 2 is 1.56 bits per heavy atom. The molecule has 7 atom stereocenters. The number of hydrogen-bond acceptors (Lipinski definition) is 9. The fourth-order valence-corrected chi connectivity index (χ4v) is 8.00. The molecule has 1 aromatic carbocycles. The standard InChI is InChI=1S/C47H72N8O6/c1-8-32(4)42(45(59)50-29-35-21-15-16-22-49-35)52-36(24-33-17-11-9-12-18-33)27-41(56)38(23-31(2)3)53-44(58)40(26-37-28-48-30-51-37)54-43(57)39(25-34-19-13-10-14-20-34)55-46(60)61-47(5,6)7/h10,13-16,19-22,28,30-33,36,38-42,52,56H,8-9,11-12,17-18,23-27,29H2,1-7H3,(H,48,51)(H,50,59)(H,53,58)(H,54,57)(H,55,60)/t32-,36+,38-,39-,40-,41-,42-/m0/s1. The van der Waals surface area contributed by atoms with E-state index in [9.17, 15) is 24.3 Å². The molecule has 0 spiro atoms. The second-order valence-corrected chi connectivity index (χ2v) is 18.3. The Hall–Kier alpha value is -4.82. The number of rotatable bonds is 23. The van der Waals surface area contributed by atoms with Gasteiger partial charge < -0.3 is 41.4 Å². The minimum absolute atomic E-state index is 0.0169. The van der Waals surface area contributed by atoms with Crippen LogP contribution in [0.2, 0.25) is 0 Å². The molecule has 3 aromatic rings. The fourth-order valence-electron chi connectivity index (χ4n) is 8.00. The van der Waals surface area contributed by atoms with Gasteiger partial charge in [-0.15, -0.1) is 0 Å². The zero-order chi connectivity index (χ0) is 44.4. The van der Waals surface area contributed by atoms with Crippen LogP contribution in [0, 0.1) is 17.8 Å².